The van der Waals surface area contributed by atoms with E-state index in [9.17, 15) is 5.11 Å². The highest BCUT2D eigenvalue weighted by Crippen LogP contribution is 2.20. The van der Waals surface area contributed by atoms with Crippen molar-refractivity contribution in [3.63, 3.8) is 0 Å². The Morgan fingerprint density at radius 3 is 2.25 bits per heavy atom. The number of hydrogen-bond donors (Lipinski definition) is 2. The minimum atomic E-state index is -0.704. The van der Waals surface area contributed by atoms with E-state index >= 15 is 0 Å². The lowest BCUT2D eigenvalue weighted by molar-refractivity contribution is 0.156. The molecule has 4 nitrogen and oxygen atoms in total. The molecule has 0 fully saturated rings. The molecule has 0 saturated heterocycles. The Balaban J connectivity index is 0.00000208. The SMILES string of the molecule is C=CCn1c(=N)n(CC(O)c2ccc(Cl)cc2)c2ccccc21.Cl. The number of rotatable bonds is 5. The summed E-state index contributed by atoms with van der Waals surface area (Å²) in [6, 6.07) is 14.9. The Bertz CT molecular complexity index is 897. The maximum absolute atomic E-state index is 10.5. The highest BCUT2D eigenvalue weighted by molar-refractivity contribution is 6.30. The van der Waals surface area contributed by atoms with Crippen LogP contribution in [0.15, 0.2) is 61.2 Å². The predicted molar refractivity (Wildman–Crippen MR) is 99.6 cm³/mol. The maximum Gasteiger partial charge on any atom is 0.203 e. The van der Waals surface area contributed by atoms with Crippen molar-refractivity contribution in [1.29, 1.82) is 5.41 Å². The molecule has 24 heavy (non-hydrogen) atoms. The second-order valence-corrected chi connectivity index (χ2v) is 5.83. The van der Waals surface area contributed by atoms with Crippen molar-refractivity contribution in [3.05, 3.63) is 77.4 Å². The van der Waals surface area contributed by atoms with Crippen LogP contribution in [0.3, 0.4) is 0 Å². The topological polar surface area (TPSA) is 53.9 Å². The van der Waals surface area contributed by atoms with Crippen molar-refractivity contribution in [3.8, 4) is 0 Å². The molecule has 6 heteroatoms. The van der Waals surface area contributed by atoms with E-state index in [1.807, 2.05) is 33.4 Å². The number of allylic oxidation sites excluding steroid dienone is 1. The standard InChI is InChI=1S/C18H18ClN3O.ClH/c1-2-11-21-15-5-3-4-6-16(15)22(18(21)20)12-17(23)13-7-9-14(19)10-8-13;/h2-10,17,20,23H,1,11-12H2;1H. The number of nitrogens with zero attached hydrogens (tertiary/aromatic N) is 2. The zero-order valence-electron chi connectivity index (χ0n) is 13.0. The van der Waals surface area contributed by atoms with Gasteiger partial charge in [0.1, 0.15) is 0 Å². The molecule has 1 heterocycles. The Morgan fingerprint density at radius 1 is 1.08 bits per heavy atom. The number of nitrogens with one attached hydrogen (secondary N) is 1. The minimum absolute atomic E-state index is 0. The number of aliphatic hydroxyl groups is 1. The third-order valence-corrected chi connectivity index (χ3v) is 4.15. The van der Waals surface area contributed by atoms with Gasteiger partial charge in [0.05, 0.1) is 23.7 Å². The lowest BCUT2D eigenvalue weighted by Gasteiger charge is -2.13. The van der Waals surface area contributed by atoms with Gasteiger partial charge in [-0.05, 0) is 29.8 Å². The van der Waals surface area contributed by atoms with Crippen molar-refractivity contribution >= 4 is 35.0 Å². The number of para-hydroxylation sites is 2. The monoisotopic (exact) mass is 363 g/mol. The van der Waals surface area contributed by atoms with E-state index in [4.69, 9.17) is 17.0 Å². The summed E-state index contributed by atoms with van der Waals surface area (Å²) in [5.74, 6) is 0. The Hall–Kier alpha value is -2.01. The molecule has 2 aromatic carbocycles. The van der Waals surface area contributed by atoms with Crippen LogP contribution in [0.2, 0.25) is 5.02 Å². The van der Waals surface area contributed by atoms with Gasteiger partial charge in [-0.25, -0.2) is 0 Å². The second-order valence-electron chi connectivity index (χ2n) is 5.39. The minimum Gasteiger partial charge on any atom is -0.387 e. The van der Waals surface area contributed by atoms with Crippen LogP contribution in [0.25, 0.3) is 11.0 Å². The number of hydrogen-bond acceptors (Lipinski definition) is 2. The van der Waals surface area contributed by atoms with Gasteiger partial charge in [-0.2, -0.15) is 0 Å². The van der Waals surface area contributed by atoms with Crippen LogP contribution in [0, 0.1) is 5.41 Å². The number of benzene rings is 2. The average molecular weight is 364 g/mol. The third-order valence-electron chi connectivity index (χ3n) is 3.90. The van der Waals surface area contributed by atoms with E-state index in [0.29, 0.717) is 23.7 Å². The van der Waals surface area contributed by atoms with Crippen LogP contribution in [0.4, 0.5) is 0 Å². The number of aliphatic hydroxyl groups excluding tert-OH is 1. The van der Waals surface area contributed by atoms with Crippen molar-refractivity contribution in [1.82, 2.24) is 9.13 Å². The Morgan fingerprint density at radius 2 is 1.67 bits per heavy atom. The van der Waals surface area contributed by atoms with Crippen molar-refractivity contribution in [2.24, 2.45) is 0 Å². The first-order chi connectivity index (χ1) is 11.1. The summed E-state index contributed by atoms with van der Waals surface area (Å²) in [7, 11) is 0. The molecule has 1 aromatic heterocycles. The van der Waals surface area contributed by atoms with Gasteiger partial charge in [0.15, 0.2) is 0 Å². The molecule has 126 valence electrons. The van der Waals surface area contributed by atoms with Gasteiger partial charge in [-0.3, -0.25) is 5.41 Å². The molecule has 2 N–H and O–H groups in total. The Kier molecular flexibility index (Phi) is 5.89. The first kappa shape index (κ1) is 18.3. The molecule has 0 aliphatic carbocycles. The molecule has 3 rings (SSSR count). The predicted octanol–water partition coefficient (Wildman–Crippen LogP) is 3.92. The van der Waals surface area contributed by atoms with E-state index in [0.717, 1.165) is 16.6 Å². The molecule has 0 spiro atoms. The normalized spacial score (nSPS) is 11.9. The second kappa shape index (κ2) is 7.71. The van der Waals surface area contributed by atoms with Gasteiger partial charge in [0.2, 0.25) is 5.62 Å². The van der Waals surface area contributed by atoms with Gasteiger partial charge >= 0.3 is 0 Å². The molecule has 0 saturated carbocycles. The summed E-state index contributed by atoms with van der Waals surface area (Å²) in [5.41, 5.74) is 3.01. The lowest BCUT2D eigenvalue weighted by Crippen LogP contribution is -2.26. The van der Waals surface area contributed by atoms with E-state index in [1.165, 1.54) is 0 Å². The highest BCUT2D eigenvalue weighted by atomic mass is 35.5. The fourth-order valence-corrected chi connectivity index (χ4v) is 2.88. The maximum atomic E-state index is 10.5. The molecule has 0 radical (unpaired) electrons. The van der Waals surface area contributed by atoms with Crippen LogP contribution in [0.1, 0.15) is 11.7 Å². The summed E-state index contributed by atoms with van der Waals surface area (Å²) >= 11 is 5.89. The summed E-state index contributed by atoms with van der Waals surface area (Å²) in [5, 5.41) is 19.6. The lowest BCUT2D eigenvalue weighted by atomic mass is 10.1. The molecule has 0 bridgehead atoms. The molecule has 1 unspecified atom stereocenters. The molecule has 0 aliphatic rings. The van der Waals surface area contributed by atoms with E-state index < -0.39 is 6.10 Å². The van der Waals surface area contributed by atoms with Gasteiger partial charge in [-0.1, -0.05) is 41.9 Å². The van der Waals surface area contributed by atoms with Crippen LogP contribution in [-0.4, -0.2) is 14.2 Å². The van der Waals surface area contributed by atoms with E-state index in [-0.39, 0.29) is 12.4 Å². The van der Waals surface area contributed by atoms with Gasteiger partial charge in [0, 0.05) is 11.6 Å². The largest absolute Gasteiger partial charge is 0.387 e. The van der Waals surface area contributed by atoms with Crippen LogP contribution >= 0.6 is 24.0 Å². The fraction of sp³-hybridized carbons (Fsp3) is 0.167. The third kappa shape index (κ3) is 3.41. The first-order valence-electron chi connectivity index (χ1n) is 7.39. The molecule has 3 aromatic rings. The van der Waals surface area contributed by atoms with Crippen LogP contribution in [-0.2, 0) is 13.1 Å². The summed E-state index contributed by atoms with van der Waals surface area (Å²) < 4.78 is 3.69. The molecule has 0 amide bonds. The molecular weight excluding hydrogens is 345 g/mol. The fourth-order valence-electron chi connectivity index (χ4n) is 2.76. The number of halogens is 2. The van der Waals surface area contributed by atoms with Gasteiger partial charge in [-0.15, -0.1) is 19.0 Å². The number of aromatic nitrogens is 2. The van der Waals surface area contributed by atoms with Crippen LogP contribution < -0.4 is 5.62 Å². The van der Waals surface area contributed by atoms with Gasteiger partial charge < -0.3 is 14.2 Å². The highest BCUT2D eigenvalue weighted by Gasteiger charge is 2.14. The van der Waals surface area contributed by atoms with Crippen molar-refractivity contribution < 1.29 is 5.11 Å². The Labute approximate surface area is 151 Å². The molecular formula is C18H19Cl2N3O. The molecule has 0 aliphatic heterocycles. The van der Waals surface area contributed by atoms with Crippen molar-refractivity contribution in [2.45, 2.75) is 19.2 Å². The van der Waals surface area contributed by atoms with E-state index in [2.05, 4.69) is 6.58 Å². The van der Waals surface area contributed by atoms with Gasteiger partial charge in [0.25, 0.3) is 0 Å². The molecule has 1 atom stereocenters. The zero-order valence-corrected chi connectivity index (χ0v) is 14.6. The average Bonchev–Trinajstić information content (AvgIpc) is 2.82. The summed E-state index contributed by atoms with van der Waals surface area (Å²) in [6.45, 7) is 4.62. The number of fused-ring (bicyclic) bond motifs is 1. The zero-order chi connectivity index (χ0) is 16.4. The van der Waals surface area contributed by atoms with Crippen LogP contribution in [0.5, 0.6) is 0 Å². The van der Waals surface area contributed by atoms with E-state index in [1.54, 1.807) is 30.3 Å². The quantitative estimate of drug-likeness (QED) is 0.663. The number of imidazole rings is 1. The van der Waals surface area contributed by atoms with Crippen molar-refractivity contribution in [2.75, 3.05) is 0 Å². The smallest absolute Gasteiger partial charge is 0.203 e. The first-order valence-corrected chi connectivity index (χ1v) is 7.76. The summed E-state index contributed by atoms with van der Waals surface area (Å²) in [4.78, 5) is 0. The summed E-state index contributed by atoms with van der Waals surface area (Å²) in [6.07, 6.45) is 1.06.